The van der Waals surface area contributed by atoms with Gasteiger partial charge in [-0.1, -0.05) is 30.3 Å². The van der Waals surface area contributed by atoms with Crippen molar-refractivity contribution in [1.82, 2.24) is 10.2 Å². The minimum atomic E-state index is -0.219. The Morgan fingerprint density at radius 2 is 1.70 bits per heavy atom. The molecule has 0 aromatic heterocycles. The third-order valence-electron chi connectivity index (χ3n) is 5.68. The topological polar surface area (TPSA) is 73.9 Å². The second-order valence-corrected chi connectivity index (χ2v) is 8.60. The van der Waals surface area contributed by atoms with E-state index in [1.54, 1.807) is 4.90 Å². The molecule has 7 heteroatoms. The smallest absolute Gasteiger partial charge is 0.319 e. The summed E-state index contributed by atoms with van der Waals surface area (Å²) in [5.74, 6) is 0.0474. The molecule has 0 bridgehead atoms. The van der Waals surface area contributed by atoms with Crippen LogP contribution >= 0.6 is 0 Å². The highest BCUT2D eigenvalue weighted by Crippen LogP contribution is 2.16. The van der Waals surface area contributed by atoms with Crippen molar-refractivity contribution in [3.63, 3.8) is 0 Å². The second kappa shape index (κ2) is 12.4. The van der Waals surface area contributed by atoms with E-state index >= 15 is 0 Å². The van der Waals surface area contributed by atoms with Crippen LogP contribution < -0.4 is 15.5 Å². The van der Waals surface area contributed by atoms with Gasteiger partial charge in [-0.05, 0) is 57.0 Å². The summed E-state index contributed by atoms with van der Waals surface area (Å²) in [7, 11) is 0. The van der Waals surface area contributed by atoms with Crippen LogP contribution in [-0.4, -0.2) is 61.8 Å². The average molecular weight is 453 g/mol. The number of morpholine rings is 1. The second-order valence-electron chi connectivity index (χ2n) is 8.60. The normalized spacial score (nSPS) is 18.5. The summed E-state index contributed by atoms with van der Waals surface area (Å²) >= 11 is 0. The van der Waals surface area contributed by atoms with E-state index in [0.29, 0.717) is 25.2 Å². The van der Waals surface area contributed by atoms with E-state index in [-0.39, 0.29) is 24.1 Å². The summed E-state index contributed by atoms with van der Waals surface area (Å²) in [6.45, 7) is 10.2. The third kappa shape index (κ3) is 7.87. The van der Waals surface area contributed by atoms with Gasteiger partial charge < -0.3 is 20.3 Å². The average Bonchev–Trinajstić information content (AvgIpc) is 2.79. The van der Waals surface area contributed by atoms with E-state index in [2.05, 4.69) is 29.4 Å². The molecule has 1 aliphatic rings. The third-order valence-corrected chi connectivity index (χ3v) is 5.68. The van der Waals surface area contributed by atoms with Gasteiger partial charge in [0.25, 0.3) is 0 Å². The molecule has 33 heavy (non-hydrogen) atoms. The van der Waals surface area contributed by atoms with E-state index in [9.17, 15) is 9.59 Å². The number of nitrogens with one attached hydrogen (secondary N) is 2. The number of carbonyl (C=O) groups is 2. The zero-order valence-electron chi connectivity index (χ0n) is 19.9. The molecule has 1 aliphatic heterocycles. The van der Waals surface area contributed by atoms with Crippen molar-refractivity contribution in [1.29, 1.82) is 0 Å². The summed E-state index contributed by atoms with van der Waals surface area (Å²) in [4.78, 5) is 29.1. The number of benzene rings is 2. The first-order chi connectivity index (χ1) is 15.9. The van der Waals surface area contributed by atoms with Crippen LogP contribution in [0, 0.1) is 0 Å². The fourth-order valence-corrected chi connectivity index (χ4v) is 4.23. The molecule has 7 nitrogen and oxygen atoms in total. The van der Waals surface area contributed by atoms with E-state index in [4.69, 9.17) is 4.74 Å². The van der Waals surface area contributed by atoms with E-state index in [1.165, 1.54) is 0 Å². The molecule has 2 unspecified atom stereocenters. The predicted molar refractivity (Wildman–Crippen MR) is 133 cm³/mol. The highest BCUT2D eigenvalue weighted by molar-refractivity contribution is 5.95. The number of likely N-dealkylation sites (N-methyl/N-ethyl adjacent to an activating group) is 1. The monoisotopic (exact) mass is 452 g/mol. The molecule has 2 aromatic rings. The molecule has 3 amide bonds. The number of nitrogens with zero attached hydrogens (tertiary/aromatic N) is 2. The van der Waals surface area contributed by atoms with Gasteiger partial charge in [0.2, 0.25) is 5.91 Å². The van der Waals surface area contributed by atoms with Gasteiger partial charge in [-0.2, -0.15) is 0 Å². The molecule has 178 valence electrons. The largest absolute Gasteiger partial charge is 0.373 e. The quantitative estimate of drug-likeness (QED) is 0.566. The Morgan fingerprint density at radius 1 is 1.03 bits per heavy atom. The standard InChI is InChI=1S/C26H36N4O3/c1-4-30(24-9-6-5-7-10-24)25(31)17-22-11-13-23(14-12-22)28-26(32)27-15-8-16-29-18-20(2)33-21(3)19-29/h5-7,9-14,20-21H,4,8,15-19H2,1-3H3,(H2,27,28,32). The number of anilines is 2. The summed E-state index contributed by atoms with van der Waals surface area (Å²) in [5.41, 5.74) is 2.52. The van der Waals surface area contributed by atoms with Crippen LogP contribution in [0.5, 0.6) is 0 Å². The Morgan fingerprint density at radius 3 is 2.33 bits per heavy atom. The lowest BCUT2D eigenvalue weighted by molar-refractivity contribution is -0.117. The van der Waals surface area contributed by atoms with E-state index < -0.39 is 0 Å². The number of urea groups is 1. The summed E-state index contributed by atoms with van der Waals surface area (Å²) in [5, 5.41) is 5.77. The Kier molecular flexibility index (Phi) is 9.27. The van der Waals surface area contributed by atoms with Crippen LogP contribution in [0.2, 0.25) is 0 Å². The van der Waals surface area contributed by atoms with Crippen LogP contribution in [0.25, 0.3) is 0 Å². The fraction of sp³-hybridized carbons (Fsp3) is 0.462. The lowest BCUT2D eigenvalue weighted by atomic mass is 10.1. The molecule has 2 N–H and O–H groups in total. The first-order valence-electron chi connectivity index (χ1n) is 11.8. The number of hydrogen-bond donors (Lipinski definition) is 2. The van der Waals surface area contributed by atoms with Crippen LogP contribution in [0.1, 0.15) is 32.8 Å². The molecule has 3 rings (SSSR count). The molecule has 2 aromatic carbocycles. The van der Waals surface area contributed by atoms with Gasteiger partial charge in [0.15, 0.2) is 0 Å². The Bertz CT molecular complexity index is 878. The lowest BCUT2D eigenvalue weighted by Gasteiger charge is -2.35. The maximum Gasteiger partial charge on any atom is 0.319 e. The Hall–Kier alpha value is -2.90. The molecule has 0 aliphatic carbocycles. The number of para-hydroxylation sites is 1. The minimum absolute atomic E-state index is 0.0474. The van der Waals surface area contributed by atoms with Crippen molar-refractivity contribution in [3.05, 3.63) is 60.2 Å². The van der Waals surface area contributed by atoms with Crippen molar-refractivity contribution in [2.24, 2.45) is 0 Å². The molecule has 1 fully saturated rings. The van der Waals surface area contributed by atoms with Gasteiger partial charge in [-0.3, -0.25) is 9.69 Å². The van der Waals surface area contributed by atoms with Crippen molar-refractivity contribution in [2.45, 2.75) is 45.8 Å². The Labute approximate surface area is 197 Å². The highest BCUT2D eigenvalue weighted by atomic mass is 16.5. The van der Waals surface area contributed by atoms with Gasteiger partial charge in [0.1, 0.15) is 0 Å². The predicted octanol–water partition coefficient (Wildman–Crippen LogP) is 3.90. The van der Waals surface area contributed by atoms with Crippen molar-refractivity contribution in [3.8, 4) is 0 Å². The van der Waals surface area contributed by atoms with Crippen molar-refractivity contribution >= 4 is 23.3 Å². The van der Waals surface area contributed by atoms with Crippen LogP contribution in [0.3, 0.4) is 0 Å². The van der Waals surface area contributed by atoms with Crippen LogP contribution in [-0.2, 0) is 16.0 Å². The lowest BCUT2D eigenvalue weighted by Crippen LogP contribution is -2.46. The molecular weight excluding hydrogens is 416 g/mol. The molecule has 0 radical (unpaired) electrons. The van der Waals surface area contributed by atoms with Gasteiger partial charge in [-0.15, -0.1) is 0 Å². The highest BCUT2D eigenvalue weighted by Gasteiger charge is 2.21. The number of carbonyl (C=O) groups excluding carboxylic acids is 2. The first-order valence-corrected chi connectivity index (χ1v) is 11.8. The molecule has 0 spiro atoms. The number of ether oxygens (including phenoxy) is 1. The first kappa shape index (κ1) is 24.7. The van der Waals surface area contributed by atoms with Crippen LogP contribution in [0.4, 0.5) is 16.2 Å². The van der Waals surface area contributed by atoms with Crippen molar-refractivity contribution < 1.29 is 14.3 Å². The zero-order chi connectivity index (χ0) is 23.6. The Balaban J connectivity index is 1.39. The maximum absolute atomic E-state index is 12.7. The fourth-order valence-electron chi connectivity index (χ4n) is 4.23. The molecule has 0 saturated carbocycles. The zero-order valence-corrected chi connectivity index (χ0v) is 19.9. The summed E-state index contributed by atoms with van der Waals surface area (Å²) < 4.78 is 5.75. The maximum atomic E-state index is 12.7. The van der Waals surface area contributed by atoms with Crippen molar-refractivity contribution in [2.75, 3.05) is 42.9 Å². The molecule has 2 atom stereocenters. The SMILES string of the molecule is CCN(C(=O)Cc1ccc(NC(=O)NCCCN2CC(C)OC(C)C2)cc1)c1ccccc1. The number of amides is 3. The van der Waals surface area contributed by atoms with E-state index in [1.807, 2.05) is 61.5 Å². The summed E-state index contributed by atoms with van der Waals surface area (Å²) in [6.07, 6.45) is 1.72. The minimum Gasteiger partial charge on any atom is -0.373 e. The van der Waals surface area contributed by atoms with Gasteiger partial charge in [0.05, 0.1) is 18.6 Å². The number of hydrogen-bond acceptors (Lipinski definition) is 4. The van der Waals surface area contributed by atoms with Gasteiger partial charge >= 0.3 is 6.03 Å². The van der Waals surface area contributed by atoms with Crippen LogP contribution in [0.15, 0.2) is 54.6 Å². The number of rotatable bonds is 9. The van der Waals surface area contributed by atoms with Gasteiger partial charge in [0, 0.05) is 44.1 Å². The van der Waals surface area contributed by atoms with Gasteiger partial charge in [-0.25, -0.2) is 4.79 Å². The molecular formula is C26H36N4O3. The molecule has 1 heterocycles. The van der Waals surface area contributed by atoms with E-state index in [0.717, 1.165) is 37.3 Å². The molecule has 1 saturated heterocycles. The summed E-state index contributed by atoms with van der Waals surface area (Å²) in [6, 6.07) is 16.9.